The molecule has 6 heteroatoms. The quantitative estimate of drug-likeness (QED) is 0.656. The Morgan fingerprint density at radius 1 is 1.04 bits per heavy atom. The van der Waals surface area contributed by atoms with Crippen LogP contribution in [0.2, 0.25) is 0 Å². The molecule has 1 N–H and O–H groups in total. The maximum absolute atomic E-state index is 12.5. The summed E-state index contributed by atoms with van der Waals surface area (Å²) in [5.41, 5.74) is 3.29. The highest BCUT2D eigenvalue weighted by molar-refractivity contribution is 7.17. The van der Waals surface area contributed by atoms with Crippen LogP contribution < -0.4 is 5.32 Å². The molecule has 1 aromatic heterocycles. The van der Waals surface area contributed by atoms with Crippen molar-refractivity contribution in [3.8, 4) is 10.6 Å². The molecule has 5 nitrogen and oxygen atoms in total. The number of esters is 1. The third-order valence-electron chi connectivity index (χ3n) is 3.97. The van der Waals surface area contributed by atoms with Crippen LogP contribution in [-0.4, -0.2) is 23.0 Å². The highest BCUT2D eigenvalue weighted by Crippen LogP contribution is 2.28. The fourth-order valence-electron chi connectivity index (χ4n) is 2.44. The SMILES string of the molecule is Cc1ccc(NC(=O)[C@@H](C)OC(=O)c2sc(-c3ccccc3)nc2C)cc1. The monoisotopic (exact) mass is 380 g/mol. The molecule has 0 aliphatic rings. The van der Waals surface area contributed by atoms with Crippen LogP contribution in [0.5, 0.6) is 0 Å². The fourth-order valence-corrected chi connectivity index (χ4v) is 3.39. The van der Waals surface area contributed by atoms with Gasteiger partial charge in [0, 0.05) is 11.3 Å². The molecule has 1 atom stereocenters. The van der Waals surface area contributed by atoms with Crippen LogP contribution in [0, 0.1) is 13.8 Å². The van der Waals surface area contributed by atoms with Crippen molar-refractivity contribution in [2.45, 2.75) is 26.9 Å². The third-order valence-corrected chi connectivity index (χ3v) is 5.16. The molecule has 3 aromatic rings. The van der Waals surface area contributed by atoms with Gasteiger partial charge in [0.15, 0.2) is 6.10 Å². The molecule has 0 aliphatic heterocycles. The second kappa shape index (κ2) is 8.14. The molecular formula is C21H20N2O3S. The number of anilines is 1. The average Bonchev–Trinajstić information content (AvgIpc) is 3.06. The summed E-state index contributed by atoms with van der Waals surface area (Å²) in [7, 11) is 0. The number of nitrogens with one attached hydrogen (secondary N) is 1. The maximum Gasteiger partial charge on any atom is 0.351 e. The van der Waals surface area contributed by atoms with Gasteiger partial charge in [-0.05, 0) is 32.9 Å². The summed E-state index contributed by atoms with van der Waals surface area (Å²) in [5, 5.41) is 3.49. The van der Waals surface area contributed by atoms with Crippen LogP contribution in [0.1, 0.15) is 27.9 Å². The Kier molecular flexibility index (Phi) is 5.66. The number of aryl methyl sites for hydroxylation is 2. The zero-order valence-electron chi connectivity index (χ0n) is 15.4. The summed E-state index contributed by atoms with van der Waals surface area (Å²) in [6.45, 7) is 5.28. The lowest BCUT2D eigenvalue weighted by molar-refractivity contribution is -0.123. The Morgan fingerprint density at radius 3 is 2.37 bits per heavy atom. The van der Waals surface area contributed by atoms with E-state index in [1.807, 2.05) is 49.4 Å². The summed E-state index contributed by atoms with van der Waals surface area (Å²) in [4.78, 5) is 29.6. The number of benzene rings is 2. The smallest absolute Gasteiger partial charge is 0.351 e. The molecule has 0 saturated carbocycles. The Labute approximate surface area is 162 Å². The van der Waals surface area contributed by atoms with Crippen LogP contribution in [-0.2, 0) is 9.53 Å². The van der Waals surface area contributed by atoms with Crippen molar-refractivity contribution in [1.29, 1.82) is 0 Å². The number of thiazole rings is 1. The van der Waals surface area contributed by atoms with Crippen LogP contribution in [0.4, 0.5) is 5.69 Å². The molecule has 0 fully saturated rings. The molecule has 27 heavy (non-hydrogen) atoms. The number of rotatable bonds is 5. The van der Waals surface area contributed by atoms with E-state index in [-0.39, 0.29) is 5.91 Å². The van der Waals surface area contributed by atoms with Gasteiger partial charge in [-0.25, -0.2) is 9.78 Å². The number of carbonyl (C=O) groups is 2. The van der Waals surface area contributed by atoms with Gasteiger partial charge in [-0.1, -0.05) is 48.0 Å². The predicted molar refractivity (Wildman–Crippen MR) is 107 cm³/mol. The first-order valence-corrected chi connectivity index (χ1v) is 9.37. The second-order valence-electron chi connectivity index (χ2n) is 6.20. The number of nitrogens with zero attached hydrogens (tertiary/aromatic N) is 1. The van der Waals surface area contributed by atoms with E-state index >= 15 is 0 Å². The van der Waals surface area contributed by atoms with E-state index in [0.29, 0.717) is 16.3 Å². The number of hydrogen-bond acceptors (Lipinski definition) is 5. The van der Waals surface area contributed by atoms with Crippen molar-refractivity contribution in [2.24, 2.45) is 0 Å². The molecule has 0 aliphatic carbocycles. The first kappa shape index (κ1) is 18.8. The van der Waals surface area contributed by atoms with Gasteiger partial charge in [0.05, 0.1) is 5.69 Å². The van der Waals surface area contributed by atoms with Gasteiger partial charge in [-0.3, -0.25) is 4.79 Å². The minimum absolute atomic E-state index is 0.377. The minimum atomic E-state index is -0.916. The van der Waals surface area contributed by atoms with Crippen molar-refractivity contribution < 1.29 is 14.3 Å². The van der Waals surface area contributed by atoms with Gasteiger partial charge in [0.25, 0.3) is 5.91 Å². The standard InChI is InChI=1S/C21H20N2O3S/c1-13-9-11-17(12-10-13)23-19(24)15(3)26-21(25)18-14(2)22-20(27-18)16-7-5-4-6-8-16/h4-12,15H,1-3H3,(H,23,24)/t15-/m1/s1. The number of carbonyl (C=O) groups excluding carboxylic acids is 2. The molecule has 1 amide bonds. The predicted octanol–water partition coefficient (Wildman–Crippen LogP) is 4.61. The molecule has 0 unspecified atom stereocenters. The van der Waals surface area contributed by atoms with E-state index in [9.17, 15) is 9.59 Å². The lowest BCUT2D eigenvalue weighted by Gasteiger charge is -2.13. The number of ether oxygens (including phenoxy) is 1. The Balaban J connectivity index is 1.67. The van der Waals surface area contributed by atoms with Crippen LogP contribution in [0.25, 0.3) is 10.6 Å². The summed E-state index contributed by atoms with van der Waals surface area (Å²) >= 11 is 1.26. The van der Waals surface area contributed by atoms with E-state index in [1.54, 1.807) is 26.0 Å². The molecule has 0 radical (unpaired) electrons. The van der Waals surface area contributed by atoms with E-state index in [4.69, 9.17) is 4.74 Å². The van der Waals surface area contributed by atoms with Crippen LogP contribution in [0.3, 0.4) is 0 Å². The molecule has 1 heterocycles. The summed E-state index contributed by atoms with van der Waals surface area (Å²) < 4.78 is 5.34. The molecule has 138 valence electrons. The van der Waals surface area contributed by atoms with Crippen molar-refractivity contribution in [2.75, 3.05) is 5.32 Å². The zero-order chi connectivity index (χ0) is 19.4. The van der Waals surface area contributed by atoms with E-state index < -0.39 is 12.1 Å². The van der Waals surface area contributed by atoms with Gasteiger partial charge in [-0.15, -0.1) is 11.3 Å². The Hall–Kier alpha value is -2.99. The second-order valence-corrected chi connectivity index (χ2v) is 7.20. The Morgan fingerprint density at radius 2 is 1.70 bits per heavy atom. The van der Waals surface area contributed by atoms with Gasteiger partial charge in [0.1, 0.15) is 9.88 Å². The van der Waals surface area contributed by atoms with Gasteiger partial charge >= 0.3 is 5.97 Å². The summed E-state index contributed by atoms with van der Waals surface area (Å²) in [6.07, 6.45) is -0.916. The van der Waals surface area contributed by atoms with Crippen molar-refractivity contribution in [3.05, 3.63) is 70.7 Å². The summed E-state index contributed by atoms with van der Waals surface area (Å²) in [6, 6.07) is 17.0. The minimum Gasteiger partial charge on any atom is -0.448 e. The topological polar surface area (TPSA) is 68.3 Å². The summed E-state index contributed by atoms with van der Waals surface area (Å²) in [5.74, 6) is -0.920. The molecule has 0 saturated heterocycles. The van der Waals surface area contributed by atoms with Crippen molar-refractivity contribution in [1.82, 2.24) is 4.98 Å². The fraction of sp³-hybridized carbons (Fsp3) is 0.190. The van der Waals surface area contributed by atoms with E-state index in [2.05, 4.69) is 10.3 Å². The zero-order valence-corrected chi connectivity index (χ0v) is 16.2. The van der Waals surface area contributed by atoms with Gasteiger partial charge in [0.2, 0.25) is 0 Å². The Bertz CT molecular complexity index is 949. The number of hydrogen-bond donors (Lipinski definition) is 1. The number of amides is 1. The van der Waals surface area contributed by atoms with Gasteiger partial charge < -0.3 is 10.1 Å². The first-order valence-electron chi connectivity index (χ1n) is 8.55. The normalized spacial score (nSPS) is 11.7. The molecule has 3 rings (SSSR count). The maximum atomic E-state index is 12.5. The average molecular weight is 380 g/mol. The van der Waals surface area contributed by atoms with Crippen LogP contribution in [0.15, 0.2) is 54.6 Å². The largest absolute Gasteiger partial charge is 0.448 e. The first-order chi connectivity index (χ1) is 12.9. The third kappa shape index (κ3) is 4.60. The highest BCUT2D eigenvalue weighted by atomic mass is 32.1. The van der Waals surface area contributed by atoms with Crippen molar-refractivity contribution >= 4 is 28.9 Å². The van der Waals surface area contributed by atoms with E-state index in [1.165, 1.54) is 11.3 Å². The molecule has 2 aromatic carbocycles. The lowest BCUT2D eigenvalue weighted by Crippen LogP contribution is -2.29. The van der Waals surface area contributed by atoms with Crippen molar-refractivity contribution in [3.63, 3.8) is 0 Å². The molecule has 0 bridgehead atoms. The van der Waals surface area contributed by atoms with E-state index in [0.717, 1.165) is 16.1 Å². The van der Waals surface area contributed by atoms with Gasteiger partial charge in [-0.2, -0.15) is 0 Å². The highest BCUT2D eigenvalue weighted by Gasteiger charge is 2.23. The lowest BCUT2D eigenvalue weighted by atomic mass is 10.2. The molecule has 0 spiro atoms. The van der Waals surface area contributed by atoms with Crippen LogP contribution >= 0.6 is 11.3 Å². The molecular weight excluding hydrogens is 360 g/mol. The number of aromatic nitrogens is 1.